The Bertz CT molecular complexity index is 815. The highest BCUT2D eigenvalue weighted by Crippen LogP contribution is 2.18. The van der Waals surface area contributed by atoms with Crippen LogP contribution in [0, 0.1) is 0 Å². The topological polar surface area (TPSA) is 81.1 Å². The smallest absolute Gasteiger partial charge is 0.273 e. The fraction of sp³-hybridized carbons (Fsp3) is 0.294. The zero-order chi connectivity index (χ0) is 17.7. The Hall–Kier alpha value is -2.41. The van der Waals surface area contributed by atoms with E-state index in [1.165, 1.54) is 24.8 Å². The van der Waals surface area contributed by atoms with Crippen LogP contribution in [0.1, 0.15) is 37.2 Å². The lowest BCUT2D eigenvalue weighted by Crippen LogP contribution is -2.18. The number of carbonyl (C=O) groups is 2. The predicted octanol–water partition coefficient (Wildman–Crippen LogP) is 2.76. The van der Waals surface area contributed by atoms with E-state index in [1.54, 1.807) is 30.5 Å². The molecule has 2 aromatic rings. The number of hydrogen-bond donors (Lipinski definition) is 1. The van der Waals surface area contributed by atoms with Gasteiger partial charge < -0.3 is 9.88 Å². The number of carbonyl (C=O) groups excluding carboxylic acids is 2. The van der Waals surface area contributed by atoms with Gasteiger partial charge in [0.2, 0.25) is 5.91 Å². The van der Waals surface area contributed by atoms with Crippen molar-refractivity contribution in [3.8, 4) is 0 Å². The van der Waals surface area contributed by atoms with Gasteiger partial charge >= 0.3 is 0 Å². The molecule has 1 amide bonds. The zero-order valence-electron chi connectivity index (χ0n) is 13.8. The van der Waals surface area contributed by atoms with Gasteiger partial charge in [-0.25, -0.2) is 0 Å². The Morgan fingerprint density at radius 2 is 2.04 bits per heavy atom. The molecule has 7 heteroatoms. The van der Waals surface area contributed by atoms with Crippen LogP contribution in [0.3, 0.4) is 0 Å². The summed E-state index contributed by atoms with van der Waals surface area (Å²) in [5.41, 5.74) is 0.776. The first-order valence-electron chi connectivity index (χ1n) is 7.49. The van der Waals surface area contributed by atoms with Crippen LogP contribution in [0.2, 0.25) is 0 Å². The number of aromatic nitrogens is 2. The van der Waals surface area contributed by atoms with Crippen LogP contribution in [0.25, 0.3) is 0 Å². The fourth-order valence-electron chi connectivity index (χ4n) is 2.04. The van der Waals surface area contributed by atoms with Crippen LogP contribution in [-0.4, -0.2) is 27.0 Å². The van der Waals surface area contributed by atoms with E-state index in [9.17, 15) is 14.4 Å². The van der Waals surface area contributed by atoms with Crippen LogP contribution >= 0.6 is 11.8 Å². The van der Waals surface area contributed by atoms with Crippen LogP contribution in [0.15, 0.2) is 46.5 Å². The summed E-state index contributed by atoms with van der Waals surface area (Å²) in [5.74, 6) is -0.169. The first-order valence-corrected chi connectivity index (χ1v) is 8.48. The third-order valence-electron chi connectivity index (χ3n) is 3.25. The highest BCUT2D eigenvalue weighted by Gasteiger charge is 2.10. The quantitative estimate of drug-likeness (QED) is 0.495. The number of thioether (sulfide) groups is 1. The van der Waals surface area contributed by atoms with Crippen molar-refractivity contribution in [3.05, 3.63) is 52.4 Å². The van der Waals surface area contributed by atoms with Gasteiger partial charge in [0.1, 0.15) is 0 Å². The van der Waals surface area contributed by atoms with Crippen molar-refractivity contribution >= 4 is 29.1 Å². The first kappa shape index (κ1) is 17.9. The maximum absolute atomic E-state index is 12.1. The molecule has 0 saturated heterocycles. The first-order chi connectivity index (χ1) is 11.4. The molecule has 1 N–H and O–H groups in total. The molecular formula is C17H19N3O3S. The molecule has 0 unspecified atom stereocenters. The van der Waals surface area contributed by atoms with E-state index >= 15 is 0 Å². The van der Waals surface area contributed by atoms with Crippen LogP contribution in [0.4, 0.5) is 5.69 Å². The van der Waals surface area contributed by atoms with E-state index in [-0.39, 0.29) is 29.0 Å². The Kier molecular flexibility index (Phi) is 5.92. The molecule has 2 rings (SSSR count). The van der Waals surface area contributed by atoms with Crippen molar-refractivity contribution < 1.29 is 9.59 Å². The summed E-state index contributed by atoms with van der Waals surface area (Å²) in [6, 6.07) is 8.31. The summed E-state index contributed by atoms with van der Waals surface area (Å²) in [6.45, 7) is 5.43. The summed E-state index contributed by atoms with van der Waals surface area (Å²) in [5, 5.41) is 3.25. The normalized spacial score (nSPS) is 10.7. The molecule has 1 heterocycles. The number of benzene rings is 1. The largest absolute Gasteiger partial charge is 0.325 e. The molecule has 0 fully saturated rings. The summed E-state index contributed by atoms with van der Waals surface area (Å²) in [7, 11) is 0. The number of hydrogen-bond acceptors (Lipinski definition) is 5. The van der Waals surface area contributed by atoms with Gasteiger partial charge in [0.25, 0.3) is 5.56 Å². The van der Waals surface area contributed by atoms with Gasteiger partial charge in [0.05, 0.1) is 5.75 Å². The highest BCUT2D eigenvalue weighted by atomic mass is 32.2. The van der Waals surface area contributed by atoms with E-state index in [1.807, 2.05) is 18.4 Å². The molecule has 0 radical (unpaired) electrons. The van der Waals surface area contributed by atoms with Gasteiger partial charge in [-0.2, -0.15) is 4.98 Å². The number of nitrogens with zero attached hydrogens (tertiary/aromatic N) is 2. The molecule has 126 valence electrons. The van der Waals surface area contributed by atoms with E-state index < -0.39 is 0 Å². The third-order valence-corrected chi connectivity index (χ3v) is 4.21. The molecule has 1 aromatic carbocycles. The van der Waals surface area contributed by atoms with E-state index in [4.69, 9.17) is 0 Å². The second kappa shape index (κ2) is 7.92. The maximum Gasteiger partial charge on any atom is 0.273 e. The van der Waals surface area contributed by atoms with Gasteiger partial charge in [-0.1, -0.05) is 23.9 Å². The minimum atomic E-state index is -0.330. The van der Waals surface area contributed by atoms with Crippen molar-refractivity contribution in [2.24, 2.45) is 0 Å². The van der Waals surface area contributed by atoms with E-state index in [2.05, 4.69) is 10.3 Å². The number of nitrogens with one attached hydrogen (secondary N) is 1. The summed E-state index contributed by atoms with van der Waals surface area (Å²) >= 11 is 1.20. The number of amides is 1. The van der Waals surface area contributed by atoms with E-state index in [0.717, 1.165) is 0 Å². The molecule has 0 atom stereocenters. The number of rotatable bonds is 6. The summed E-state index contributed by atoms with van der Waals surface area (Å²) in [4.78, 5) is 38.9. The minimum Gasteiger partial charge on any atom is -0.325 e. The lowest BCUT2D eigenvalue weighted by molar-refractivity contribution is -0.113. The van der Waals surface area contributed by atoms with Gasteiger partial charge in [-0.3, -0.25) is 14.4 Å². The standard InChI is InChI=1S/C17H19N3O3S/c1-11(2)20-8-7-15(22)19-17(20)24-10-16(23)18-14-6-4-5-13(9-14)12(3)21/h4-9,11H,10H2,1-3H3,(H,18,23). The van der Waals surface area contributed by atoms with Crippen LogP contribution in [0.5, 0.6) is 0 Å². The third kappa shape index (κ3) is 4.79. The molecule has 0 aliphatic heterocycles. The lowest BCUT2D eigenvalue weighted by atomic mass is 10.1. The van der Waals surface area contributed by atoms with Crippen molar-refractivity contribution in [1.29, 1.82) is 0 Å². The number of Topliss-reactive ketones (excluding diaryl/α,β-unsaturated/α-hetero) is 1. The van der Waals surface area contributed by atoms with Gasteiger partial charge in [-0.15, -0.1) is 0 Å². The molecule has 0 bridgehead atoms. The van der Waals surface area contributed by atoms with Crippen molar-refractivity contribution in [2.75, 3.05) is 11.1 Å². The molecular weight excluding hydrogens is 326 g/mol. The average Bonchev–Trinajstić information content (AvgIpc) is 2.53. The average molecular weight is 345 g/mol. The van der Waals surface area contributed by atoms with Gasteiger partial charge in [-0.05, 0) is 32.9 Å². The molecule has 24 heavy (non-hydrogen) atoms. The summed E-state index contributed by atoms with van der Waals surface area (Å²) in [6.07, 6.45) is 1.68. The Morgan fingerprint density at radius 3 is 2.71 bits per heavy atom. The van der Waals surface area contributed by atoms with Crippen LogP contribution in [-0.2, 0) is 4.79 Å². The maximum atomic E-state index is 12.1. The molecule has 0 saturated carbocycles. The number of anilines is 1. The fourth-order valence-corrected chi connectivity index (χ4v) is 2.95. The SMILES string of the molecule is CC(=O)c1cccc(NC(=O)CSc2nc(=O)ccn2C(C)C)c1. The minimum absolute atomic E-state index is 0.0603. The van der Waals surface area contributed by atoms with E-state index in [0.29, 0.717) is 16.4 Å². The van der Waals surface area contributed by atoms with Crippen molar-refractivity contribution in [1.82, 2.24) is 9.55 Å². The second-order valence-corrected chi connectivity index (χ2v) is 6.47. The summed E-state index contributed by atoms with van der Waals surface area (Å²) < 4.78 is 1.84. The molecule has 6 nitrogen and oxygen atoms in total. The van der Waals surface area contributed by atoms with Gasteiger partial charge in [0.15, 0.2) is 10.9 Å². The Balaban J connectivity index is 2.04. The Labute approximate surface area is 144 Å². The monoisotopic (exact) mass is 345 g/mol. The zero-order valence-corrected chi connectivity index (χ0v) is 14.6. The number of ketones is 1. The Morgan fingerprint density at radius 1 is 1.29 bits per heavy atom. The van der Waals surface area contributed by atoms with Crippen molar-refractivity contribution in [2.45, 2.75) is 32.0 Å². The molecule has 1 aromatic heterocycles. The molecule has 0 aliphatic rings. The van der Waals surface area contributed by atoms with Crippen molar-refractivity contribution in [3.63, 3.8) is 0 Å². The van der Waals surface area contributed by atoms with Gasteiger partial charge in [0, 0.05) is 29.6 Å². The van der Waals surface area contributed by atoms with Crippen LogP contribution < -0.4 is 10.9 Å². The second-order valence-electron chi connectivity index (χ2n) is 5.52. The highest BCUT2D eigenvalue weighted by molar-refractivity contribution is 7.99. The predicted molar refractivity (Wildman–Crippen MR) is 94.7 cm³/mol. The molecule has 0 aliphatic carbocycles. The lowest BCUT2D eigenvalue weighted by Gasteiger charge is -2.14. The molecule has 0 spiro atoms.